The number of aromatic nitrogens is 2. The Morgan fingerprint density at radius 2 is 2.38 bits per heavy atom. The highest BCUT2D eigenvalue weighted by Gasteiger charge is 2.22. The number of rotatable bonds is 6. The quantitative estimate of drug-likeness (QED) is 0.730. The Morgan fingerprint density at radius 3 is 2.95 bits per heavy atom. The molecule has 2 aromatic heterocycles. The molecule has 8 nitrogen and oxygen atoms in total. The molecule has 0 spiro atoms. The second-order valence-electron chi connectivity index (χ2n) is 4.61. The Labute approximate surface area is 120 Å². The summed E-state index contributed by atoms with van der Waals surface area (Å²) in [6.45, 7) is 0.332. The maximum Gasteiger partial charge on any atom is 0.326 e. The second-order valence-corrected chi connectivity index (χ2v) is 4.61. The fraction of sp³-hybridized carbons (Fsp3) is 0.308. The molecule has 0 bridgehead atoms. The lowest BCUT2D eigenvalue weighted by Gasteiger charge is -2.20. The van der Waals surface area contributed by atoms with Gasteiger partial charge in [-0.25, -0.2) is 14.6 Å². The van der Waals surface area contributed by atoms with Gasteiger partial charge < -0.3 is 24.7 Å². The fourth-order valence-corrected chi connectivity index (χ4v) is 1.80. The largest absolute Gasteiger partial charge is 0.480 e. The van der Waals surface area contributed by atoms with Gasteiger partial charge in [-0.1, -0.05) is 0 Å². The number of carbonyl (C=O) groups is 2. The van der Waals surface area contributed by atoms with Crippen molar-refractivity contribution in [3.8, 4) is 0 Å². The highest BCUT2D eigenvalue weighted by Crippen LogP contribution is 2.05. The highest BCUT2D eigenvalue weighted by molar-refractivity contribution is 5.82. The van der Waals surface area contributed by atoms with Crippen molar-refractivity contribution >= 4 is 12.0 Å². The summed E-state index contributed by atoms with van der Waals surface area (Å²) in [5, 5.41) is 11.7. The van der Waals surface area contributed by atoms with E-state index in [0.717, 1.165) is 5.56 Å². The number of urea groups is 1. The summed E-state index contributed by atoms with van der Waals surface area (Å²) in [4.78, 5) is 31.2. The summed E-state index contributed by atoms with van der Waals surface area (Å²) in [5.74, 6) is -1.10. The number of nitrogens with zero attached hydrogens (tertiary/aromatic N) is 2. The summed E-state index contributed by atoms with van der Waals surface area (Å²) in [7, 11) is 1.58. The highest BCUT2D eigenvalue weighted by atomic mass is 16.4. The van der Waals surface area contributed by atoms with Crippen LogP contribution in [0.15, 0.2) is 35.5 Å². The van der Waals surface area contributed by atoms with Gasteiger partial charge in [-0.15, -0.1) is 0 Å². The lowest BCUT2D eigenvalue weighted by Crippen LogP contribution is -2.47. The van der Waals surface area contributed by atoms with E-state index in [4.69, 9.17) is 4.42 Å². The van der Waals surface area contributed by atoms with Gasteiger partial charge in [0.25, 0.3) is 0 Å². The van der Waals surface area contributed by atoms with Crippen LogP contribution in [0.25, 0.3) is 0 Å². The maximum atomic E-state index is 12.0. The summed E-state index contributed by atoms with van der Waals surface area (Å²) in [5.41, 5.74) is 1.47. The number of hydrogen-bond donors (Lipinski definition) is 3. The van der Waals surface area contributed by atoms with Crippen LogP contribution in [0.2, 0.25) is 0 Å². The molecule has 0 aliphatic heterocycles. The van der Waals surface area contributed by atoms with Crippen LogP contribution < -0.4 is 5.32 Å². The number of aromatic amines is 1. The number of amides is 2. The normalized spacial score (nSPS) is 11.9. The Morgan fingerprint density at radius 1 is 1.57 bits per heavy atom. The van der Waals surface area contributed by atoms with E-state index in [9.17, 15) is 14.7 Å². The monoisotopic (exact) mass is 292 g/mol. The van der Waals surface area contributed by atoms with Crippen molar-refractivity contribution in [3.05, 3.63) is 42.4 Å². The van der Waals surface area contributed by atoms with E-state index in [1.165, 1.54) is 30.0 Å². The van der Waals surface area contributed by atoms with Gasteiger partial charge in [-0.3, -0.25) is 0 Å². The van der Waals surface area contributed by atoms with Gasteiger partial charge in [0.15, 0.2) is 0 Å². The standard InChI is InChI=1S/C13H16N4O4/c1-17(6-9-2-3-21-7-9)13(20)16-11(12(18)19)4-10-5-14-8-15-10/h2-3,5,7-8,11H,4,6H2,1H3,(H,14,15)(H,16,20)(H,18,19)/t11-/m1/s1. The van der Waals surface area contributed by atoms with E-state index >= 15 is 0 Å². The number of nitrogens with one attached hydrogen (secondary N) is 2. The molecule has 0 saturated heterocycles. The van der Waals surface area contributed by atoms with E-state index in [1.807, 2.05) is 0 Å². The third-order valence-electron chi connectivity index (χ3n) is 2.92. The number of aliphatic carboxylic acids is 1. The number of H-pyrrole nitrogens is 1. The topological polar surface area (TPSA) is 111 Å². The molecule has 2 heterocycles. The molecule has 0 aromatic carbocycles. The number of hydrogen-bond acceptors (Lipinski definition) is 4. The average Bonchev–Trinajstić information content (AvgIpc) is 3.10. The summed E-state index contributed by atoms with van der Waals surface area (Å²) < 4.78 is 4.92. The summed E-state index contributed by atoms with van der Waals surface area (Å²) >= 11 is 0. The number of carbonyl (C=O) groups excluding carboxylic acids is 1. The van der Waals surface area contributed by atoms with Crippen molar-refractivity contribution in [2.45, 2.75) is 19.0 Å². The van der Waals surface area contributed by atoms with Crippen molar-refractivity contribution < 1.29 is 19.1 Å². The molecule has 3 N–H and O–H groups in total. The first-order valence-electron chi connectivity index (χ1n) is 6.29. The Hall–Kier alpha value is -2.77. The minimum absolute atomic E-state index is 0.140. The average molecular weight is 292 g/mol. The van der Waals surface area contributed by atoms with Gasteiger partial charge in [0.05, 0.1) is 25.4 Å². The van der Waals surface area contributed by atoms with Crippen molar-refractivity contribution in [3.63, 3.8) is 0 Å². The SMILES string of the molecule is CN(Cc1ccoc1)C(=O)N[C@H](Cc1cnc[nH]1)C(=O)O. The van der Waals surface area contributed by atoms with E-state index in [2.05, 4.69) is 15.3 Å². The first-order chi connectivity index (χ1) is 10.1. The zero-order valence-electron chi connectivity index (χ0n) is 11.4. The molecule has 0 aliphatic rings. The smallest absolute Gasteiger partial charge is 0.326 e. The predicted molar refractivity (Wildman–Crippen MR) is 72.4 cm³/mol. The molecular formula is C13H16N4O4. The molecule has 2 amide bonds. The van der Waals surface area contributed by atoms with Crippen molar-refractivity contribution in [2.24, 2.45) is 0 Å². The fourth-order valence-electron chi connectivity index (χ4n) is 1.80. The van der Waals surface area contributed by atoms with E-state index in [0.29, 0.717) is 12.2 Å². The van der Waals surface area contributed by atoms with Crippen LogP contribution in [0.4, 0.5) is 4.79 Å². The molecule has 2 aromatic rings. The minimum atomic E-state index is -1.10. The maximum absolute atomic E-state index is 12.0. The van der Waals surface area contributed by atoms with Gasteiger partial charge in [0.2, 0.25) is 0 Å². The molecule has 0 unspecified atom stereocenters. The number of carboxylic acids is 1. The zero-order chi connectivity index (χ0) is 15.2. The Bertz CT molecular complexity index is 579. The van der Waals surface area contributed by atoms with Crippen LogP contribution in [-0.4, -0.2) is 45.1 Å². The van der Waals surface area contributed by atoms with Crippen molar-refractivity contribution in [2.75, 3.05) is 7.05 Å². The molecule has 0 saturated carbocycles. The van der Waals surface area contributed by atoms with Gasteiger partial charge >= 0.3 is 12.0 Å². The Balaban J connectivity index is 1.92. The summed E-state index contributed by atoms with van der Waals surface area (Å²) in [6, 6.07) is 0.246. The van der Waals surface area contributed by atoms with Gasteiger partial charge in [-0.05, 0) is 6.07 Å². The van der Waals surface area contributed by atoms with Gasteiger partial charge in [0.1, 0.15) is 6.04 Å². The van der Waals surface area contributed by atoms with Gasteiger partial charge in [-0.2, -0.15) is 0 Å². The van der Waals surface area contributed by atoms with Crippen LogP contribution in [0.3, 0.4) is 0 Å². The van der Waals surface area contributed by atoms with E-state index < -0.39 is 18.0 Å². The predicted octanol–water partition coefficient (Wildman–Crippen LogP) is 0.840. The minimum Gasteiger partial charge on any atom is -0.480 e. The summed E-state index contributed by atoms with van der Waals surface area (Å²) in [6.07, 6.45) is 6.17. The molecule has 2 rings (SSSR count). The second kappa shape index (κ2) is 6.60. The molecule has 21 heavy (non-hydrogen) atoms. The van der Waals surface area contributed by atoms with Crippen LogP contribution in [-0.2, 0) is 17.8 Å². The van der Waals surface area contributed by atoms with E-state index in [1.54, 1.807) is 13.1 Å². The van der Waals surface area contributed by atoms with Crippen LogP contribution in [0, 0.1) is 0 Å². The third kappa shape index (κ3) is 4.10. The van der Waals surface area contributed by atoms with Crippen molar-refractivity contribution in [1.82, 2.24) is 20.2 Å². The Kier molecular flexibility index (Phi) is 4.60. The zero-order valence-corrected chi connectivity index (χ0v) is 11.4. The van der Waals surface area contributed by atoms with Crippen molar-refractivity contribution in [1.29, 1.82) is 0 Å². The molecular weight excluding hydrogens is 276 g/mol. The molecule has 112 valence electrons. The number of carboxylic acid groups (broad SMARTS) is 1. The van der Waals surface area contributed by atoms with E-state index in [-0.39, 0.29) is 6.42 Å². The molecule has 0 fully saturated rings. The number of furan rings is 1. The lowest BCUT2D eigenvalue weighted by atomic mass is 10.1. The van der Waals surface area contributed by atoms with Crippen LogP contribution >= 0.6 is 0 Å². The number of imidazole rings is 1. The lowest BCUT2D eigenvalue weighted by molar-refractivity contribution is -0.139. The molecule has 0 aliphatic carbocycles. The molecule has 8 heteroatoms. The van der Waals surface area contributed by atoms with Crippen LogP contribution in [0.1, 0.15) is 11.3 Å². The third-order valence-corrected chi connectivity index (χ3v) is 2.92. The van der Waals surface area contributed by atoms with Gasteiger partial charge in [0, 0.05) is 30.9 Å². The first kappa shape index (κ1) is 14.6. The molecule has 1 atom stereocenters. The van der Waals surface area contributed by atoms with Crippen LogP contribution in [0.5, 0.6) is 0 Å². The molecule has 0 radical (unpaired) electrons. The first-order valence-corrected chi connectivity index (χ1v) is 6.29.